The number of halogens is 1. The highest BCUT2D eigenvalue weighted by atomic mass is 19.1. The average molecular weight is 287 g/mol. The normalized spacial score (nSPS) is 26.7. The zero-order chi connectivity index (χ0) is 14.7. The number of likely N-dealkylation sites (tertiary alicyclic amines) is 1. The first-order chi connectivity index (χ1) is 10.3. The summed E-state index contributed by atoms with van der Waals surface area (Å²) in [7, 11) is 0. The molecule has 0 spiro atoms. The molecule has 2 heterocycles. The zero-order valence-corrected chi connectivity index (χ0v) is 12.3. The van der Waals surface area contributed by atoms with Crippen molar-refractivity contribution >= 4 is 0 Å². The average Bonchev–Trinajstić information content (AvgIpc) is 3.01. The van der Waals surface area contributed by atoms with E-state index in [0.717, 1.165) is 25.2 Å². The van der Waals surface area contributed by atoms with Crippen LogP contribution in [0.5, 0.6) is 0 Å². The van der Waals surface area contributed by atoms with Crippen molar-refractivity contribution in [2.45, 2.75) is 50.7 Å². The fraction of sp³-hybridized carbons (Fsp3) is 0.588. The largest absolute Gasteiger partial charge is 0.312 e. The molecule has 0 amide bonds. The lowest BCUT2D eigenvalue weighted by Gasteiger charge is -2.39. The van der Waals surface area contributed by atoms with E-state index in [1.807, 2.05) is 12.1 Å². The second-order valence-corrected chi connectivity index (χ2v) is 6.20. The van der Waals surface area contributed by atoms with Gasteiger partial charge in [0.05, 0.1) is 11.6 Å². The zero-order valence-electron chi connectivity index (χ0n) is 12.3. The molecule has 112 valence electrons. The minimum Gasteiger partial charge on any atom is -0.312 e. The predicted molar refractivity (Wildman–Crippen MR) is 80.2 cm³/mol. The lowest BCUT2D eigenvalue weighted by molar-refractivity contribution is 0.112. The first-order valence-corrected chi connectivity index (χ1v) is 7.93. The van der Waals surface area contributed by atoms with Gasteiger partial charge in [-0.3, -0.25) is 4.90 Å². The standard InChI is InChI=1S/C17H22FN3/c18-15-9-13(11-19)8-14(10-15)12-21-7-2-1-5-17(21)16-4-3-6-20-16/h8-10,16-17,20H,1-7,12H2. The Balaban J connectivity index is 1.75. The Kier molecular flexibility index (Phi) is 4.52. The van der Waals surface area contributed by atoms with Crippen LogP contribution in [0.3, 0.4) is 0 Å². The van der Waals surface area contributed by atoms with Crippen molar-refractivity contribution in [1.82, 2.24) is 10.2 Å². The van der Waals surface area contributed by atoms with Crippen LogP contribution in [0.25, 0.3) is 0 Å². The van der Waals surface area contributed by atoms with Crippen LogP contribution < -0.4 is 5.32 Å². The third-order valence-electron chi connectivity index (χ3n) is 4.70. The van der Waals surface area contributed by atoms with E-state index >= 15 is 0 Å². The van der Waals surface area contributed by atoms with Crippen LogP contribution in [0.2, 0.25) is 0 Å². The van der Waals surface area contributed by atoms with Gasteiger partial charge in [0.2, 0.25) is 0 Å². The van der Waals surface area contributed by atoms with E-state index < -0.39 is 0 Å². The van der Waals surface area contributed by atoms with Crippen molar-refractivity contribution in [3.05, 3.63) is 35.1 Å². The minimum atomic E-state index is -0.309. The second kappa shape index (κ2) is 6.55. The minimum absolute atomic E-state index is 0.309. The van der Waals surface area contributed by atoms with Gasteiger partial charge in [-0.05, 0) is 62.5 Å². The van der Waals surface area contributed by atoms with Crippen LogP contribution in [0.15, 0.2) is 18.2 Å². The summed E-state index contributed by atoms with van der Waals surface area (Å²) < 4.78 is 13.6. The van der Waals surface area contributed by atoms with E-state index in [-0.39, 0.29) is 5.82 Å². The molecule has 0 radical (unpaired) electrons. The maximum absolute atomic E-state index is 13.6. The monoisotopic (exact) mass is 287 g/mol. The molecule has 2 fully saturated rings. The summed E-state index contributed by atoms with van der Waals surface area (Å²) in [6, 6.07) is 7.85. The maximum Gasteiger partial charge on any atom is 0.124 e. The smallest absolute Gasteiger partial charge is 0.124 e. The van der Waals surface area contributed by atoms with Crippen molar-refractivity contribution in [2.24, 2.45) is 0 Å². The van der Waals surface area contributed by atoms with E-state index in [0.29, 0.717) is 17.6 Å². The molecule has 4 heteroatoms. The molecule has 1 aromatic rings. The van der Waals surface area contributed by atoms with Gasteiger partial charge in [-0.2, -0.15) is 5.26 Å². The highest BCUT2D eigenvalue weighted by Crippen LogP contribution is 2.26. The lowest BCUT2D eigenvalue weighted by Crippen LogP contribution is -2.49. The topological polar surface area (TPSA) is 39.1 Å². The van der Waals surface area contributed by atoms with Crippen LogP contribution in [0.4, 0.5) is 4.39 Å². The molecule has 2 atom stereocenters. The predicted octanol–water partition coefficient (Wildman–Crippen LogP) is 2.80. The third kappa shape index (κ3) is 3.42. The summed E-state index contributed by atoms with van der Waals surface area (Å²) in [5, 5.41) is 12.6. The second-order valence-electron chi connectivity index (χ2n) is 6.20. The molecule has 0 bridgehead atoms. The first-order valence-electron chi connectivity index (χ1n) is 7.93. The van der Waals surface area contributed by atoms with Crippen LogP contribution >= 0.6 is 0 Å². The fourth-order valence-electron chi connectivity index (χ4n) is 3.75. The Morgan fingerprint density at radius 3 is 2.90 bits per heavy atom. The van der Waals surface area contributed by atoms with Crippen LogP contribution in [-0.2, 0) is 6.54 Å². The van der Waals surface area contributed by atoms with Gasteiger partial charge in [-0.25, -0.2) is 4.39 Å². The molecule has 1 N–H and O–H groups in total. The molecule has 2 aliphatic rings. The SMILES string of the molecule is N#Cc1cc(F)cc(CN2CCCCC2C2CCCN2)c1. The summed E-state index contributed by atoms with van der Waals surface area (Å²) in [5.41, 5.74) is 1.33. The number of nitrogens with one attached hydrogen (secondary N) is 1. The van der Waals surface area contributed by atoms with Crippen molar-refractivity contribution in [3.8, 4) is 6.07 Å². The number of nitriles is 1. The molecule has 0 aromatic heterocycles. The van der Waals surface area contributed by atoms with E-state index in [9.17, 15) is 4.39 Å². The van der Waals surface area contributed by atoms with E-state index in [1.54, 1.807) is 6.07 Å². The van der Waals surface area contributed by atoms with Gasteiger partial charge in [-0.1, -0.05) is 6.42 Å². The first kappa shape index (κ1) is 14.5. The molecular weight excluding hydrogens is 265 g/mol. The number of rotatable bonds is 3. The molecule has 1 aromatic carbocycles. The van der Waals surface area contributed by atoms with Crippen LogP contribution in [-0.4, -0.2) is 30.1 Å². The Labute approximate surface area is 125 Å². The Bertz CT molecular complexity index is 531. The highest BCUT2D eigenvalue weighted by molar-refractivity contribution is 5.33. The molecule has 3 nitrogen and oxygen atoms in total. The molecule has 2 aliphatic heterocycles. The summed E-state index contributed by atoms with van der Waals surface area (Å²) >= 11 is 0. The lowest BCUT2D eigenvalue weighted by atomic mass is 9.94. The van der Waals surface area contributed by atoms with Crippen molar-refractivity contribution < 1.29 is 4.39 Å². The van der Waals surface area contributed by atoms with Gasteiger partial charge in [0.15, 0.2) is 0 Å². The Morgan fingerprint density at radius 1 is 1.24 bits per heavy atom. The molecular formula is C17H22FN3. The number of piperidine rings is 1. The van der Waals surface area contributed by atoms with Crippen molar-refractivity contribution in [3.63, 3.8) is 0 Å². The van der Waals surface area contributed by atoms with Gasteiger partial charge in [-0.15, -0.1) is 0 Å². The van der Waals surface area contributed by atoms with Gasteiger partial charge >= 0.3 is 0 Å². The Morgan fingerprint density at radius 2 is 2.14 bits per heavy atom. The summed E-state index contributed by atoms with van der Waals surface area (Å²) in [5.74, 6) is -0.309. The third-order valence-corrected chi connectivity index (χ3v) is 4.70. The summed E-state index contributed by atoms with van der Waals surface area (Å²) in [6.07, 6.45) is 6.22. The number of benzene rings is 1. The van der Waals surface area contributed by atoms with Crippen molar-refractivity contribution in [1.29, 1.82) is 5.26 Å². The van der Waals surface area contributed by atoms with E-state index in [4.69, 9.17) is 5.26 Å². The fourth-order valence-corrected chi connectivity index (χ4v) is 3.75. The number of hydrogen-bond acceptors (Lipinski definition) is 3. The molecule has 0 saturated carbocycles. The van der Waals surface area contributed by atoms with E-state index in [2.05, 4.69) is 10.2 Å². The highest BCUT2D eigenvalue weighted by Gasteiger charge is 2.31. The molecule has 21 heavy (non-hydrogen) atoms. The van der Waals surface area contributed by atoms with Crippen molar-refractivity contribution in [2.75, 3.05) is 13.1 Å². The summed E-state index contributed by atoms with van der Waals surface area (Å²) in [6.45, 7) is 2.93. The van der Waals surface area contributed by atoms with Crippen LogP contribution in [0, 0.1) is 17.1 Å². The molecule has 2 saturated heterocycles. The maximum atomic E-state index is 13.6. The van der Waals surface area contributed by atoms with Gasteiger partial charge in [0, 0.05) is 18.6 Å². The number of nitrogens with zero attached hydrogens (tertiary/aromatic N) is 2. The molecule has 3 rings (SSSR count). The molecule has 2 unspecified atom stereocenters. The molecule has 0 aliphatic carbocycles. The van der Waals surface area contributed by atoms with Gasteiger partial charge < -0.3 is 5.32 Å². The quantitative estimate of drug-likeness (QED) is 0.929. The number of hydrogen-bond donors (Lipinski definition) is 1. The van der Waals surface area contributed by atoms with Gasteiger partial charge in [0.25, 0.3) is 0 Å². The van der Waals surface area contributed by atoms with Crippen LogP contribution in [0.1, 0.15) is 43.2 Å². The Hall–Kier alpha value is -1.44. The van der Waals surface area contributed by atoms with Gasteiger partial charge in [0.1, 0.15) is 5.82 Å². The summed E-state index contributed by atoms with van der Waals surface area (Å²) in [4.78, 5) is 2.47. The van der Waals surface area contributed by atoms with E-state index in [1.165, 1.54) is 38.2 Å².